The van der Waals surface area contributed by atoms with Crippen LogP contribution in [0.2, 0.25) is 0 Å². The van der Waals surface area contributed by atoms with E-state index in [0.29, 0.717) is 18.7 Å². The summed E-state index contributed by atoms with van der Waals surface area (Å²) in [4.78, 5) is 29.3. The van der Waals surface area contributed by atoms with Gasteiger partial charge >= 0.3 is 0 Å². The Morgan fingerprint density at radius 2 is 2.00 bits per heavy atom. The fraction of sp³-hybridized carbons (Fsp3) is 0.737. The predicted octanol–water partition coefficient (Wildman–Crippen LogP) is 2.20. The van der Waals surface area contributed by atoms with Crippen LogP contribution < -0.4 is 5.32 Å². The van der Waals surface area contributed by atoms with Gasteiger partial charge in [0, 0.05) is 24.7 Å². The summed E-state index contributed by atoms with van der Waals surface area (Å²) < 4.78 is 1.85. The molecule has 2 heterocycles. The van der Waals surface area contributed by atoms with Crippen molar-refractivity contribution >= 4 is 17.5 Å². The first-order valence-electron chi connectivity index (χ1n) is 9.63. The van der Waals surface area contributed by atoms with E-state index in [0.717, 1.165) is 32.6 Å². The van der Waals surface area contributed by atoms with Crippen molar-refractivity contribution in [1.29, 1.82) is 0 Å². The average molecular weight is 364 g/mol. The molecule has 146 valence electrons. The van der Waals surface area contributed by atoms with E-state index in [1.54, 1.807) is 11.1 Å². The van der Waals surface area contributed by atoms with E-state index >= 15 is 0 Å². The third-order valence-electron chi connectivity index (χ3n) is 4.90. The topological polar surface area (TPSA) is 70.5 Å². The Bertz CT molecular complexity index is 616. The van der Waals surface area contributed by atoms with Gasteiger partial charge in [-0.15, -0.1) is 0 Å². The molecule has 2 amide bonds. The van der Waals surface area contributed by atoms with Gasteiger partial charge in [-0.2, -0.15) is 5.10 Å². The normalized spacial score (nSPS) is 17.8. The van der Waals surface area contributed by atoms with Crippen LogP contribution in [-0.4, -0.2) is 63.6 Å². The quantitative estimate of drug-likeness (QED) is 0.806. The maximum absolute atomic E-state index is 12.7. The number of hydrogen-bond donors (Lipinski definition) is 1. The van der Waals surface area contributed by atoms with Crippen molar-refractivity contribution in [1.82, 2.24) is 19.6 Å². The zero-order chi connectivity index (χ0) is 19.3. The molecule has 1 aromatic rings. The summed E-state index contributed by atoms with van der Waals surface area (Å²) in [6.07, 6.45) is 5.10. The van der Waals surface area contributed by atoms with Crippen LogP contribution >= 0.6 is 0 Å². The number of amides is 2. The Morgan fingerprint density at radius 3 is 2.62 bits per heavy atom. The molecular formula is C19H33N5O2. The highest BCUT2D eigenvalue weighted by Crippen LogP contribution is 2.26. The van der Waals surface area contributed by atoms with Gasteiger partial charge in [0.1, 0.15) is 6.04 Å². The Hall–Kier alpha value is -1.89. The van der Waals surface area contributed by atoms with Crippen LogP contribution in [0.1, 0.15) is 47.5 Å². The number of aromatic nitrogens is 2. The summed E-state index contributed by atoms with van der Waals surface area (Å²) >= 11 is 0. The number of anilines is 1. The zero-order valence-corrected chi connectivity index (χ0v) is 16.8. The average Bonchev–Trinajstić information content (AvgIpc) is 3.23. The summed E-state index contributed by atoms with van der Waals surface area (Å²) in [5.41, 5.74) is 0.211. The summed E-state index contributed by atoms with van der Waals surface area (Å²) in [7, 11) is 0. The van der Waals surface area contributed by atoms with Gasteiger partial charge in [0.2, 0.25) is 11.8 Å². The van der Waals surface area contributed by atoms with Crippen LogP contribution in [0.4, 0.5) is 5.69 Å². The van der Waals surface area contributed by atoms with E-state index in [9.17, 15) is 9.59 Å². The molecule has 7 heteroatoms. The van der Waals surface area contributed by atoms with Gasteiger partial charge in [-0.25, -0.2) is 0 Å². The van der Waals surface area contributed by atoms with Crippen molar-refractivity contribution in [2.75, 3.05) is 31.5 Å². The number of rotatable bonds is 7. The minimum Gasteiger partial charge on any atom is -0.330 e. The van der Waals surface area contributed by atoms with Gasteiger partial charge in [-0.1, -0.05) is 34.6 Å². The molecule has 7 nitrogen and oxygen atoms in total. The number of nitrogens with one attached hydrogen (secondary N) is 1. The molecule has 26 heavy (non-hydrogen) atoms. The second kappa shape index (κ2) is 8.66. The van der Waals surface area contributed by atoms with Crippen molar-refractivity contribution in [2.24, 2.45) is 5.41 Å². The molecule has 0 spiro atoms. The van der Waals surface area contributed by atoms with Gasteiger partial charge < -0.3 is 15.1 Å². The van der Waals surface area contributed by atoms with Crippen LogP contribution in [0.25, 0.3) is 0 Å². The van der Waals surface area contributed by atoms with Gasteiger partial charge in [-0.05, 0) is 25.9 Å². The Morgan fingerprint density at radius 1 is 1.31 bits per heavy atom. The van der Waals surface area contributed by atoms with Crippen LogP contribution in [0.3, 0.4) is 0 Å². The monoisotopic (exact) mass is 363 g/mol. The van der Waals surface area contributed by atoms with Crippen molar-refractivity contribution in [2.45, 2.75) is 60.0 Å². The van der Waals surface area contributed by atoms with Gasteiger partial charge in [0.15, 0.2) is 0 Å². The largest absolute Gasteiger partial charge is 0.330 e. The Kier molecular flexibility index (Phi) is 6.81. The number of hydrogen-bond acceptors (Lipinski definition) is 4. The molecule has 1 aliphatic heterocycles. The highest BCUT2D eigenvalue weighted by molar-refractivity contribution is 5.98. The first kappa shape index (κ1) is 20.4. The van der Waals surface area contributed by atoms with Gasteiger partial charge in [-0.3, -0.25) is 14.3 Å². The number of nitrogens with zero attached hydrogens (tertiary/aromatic N) is 4. The standard InChI is InChI=1S/C19H33N5O2/c1-6-22(7-2)11-12-23-14-15(13-20-23)21-17(25)16-9-8-10-24(16)18(26)19(3,4)5/h13-14,16H,6-12H2,1-5H3,(H,21,25). The molecule has 0 saturated carbocycles. The lowest BCUT2D eigenvalue weighted by atomic mass is 9.94. The summed E-state index contributed by atoms with van der Waals surface area (Å²) in [5, 5.41) is 7.25. The van der Waals surface area contributed by atoms with E-state index in [-0.39, 0.29) is 17.9 Å². The van der Waals surface area contributed by atoms with Crippen LogP contribution in [-0.2, 0) is 16.1 Å². The summed E-state index contributed by atoms with van der Waals surface area (Å²) in [6.45, 7) is 14.4. The van der Waals surface area contributed by atoms with Gasteiger partial charge in [0.05, 0.1) is 18.4 Å². The molecule has 0 aliphatic carbocycles. The molecule has 1 N–H and O–H groups in total. The number of likely N-dealkylation sites (N-methyl/N-ethyl adjacent to an activating group) is 1. The minimum atomic E-state index is -0.474. The lowest BCUT2D eigenvalue weighted by Gasteiger charge is -2.30. The fourth-order valence-electron chi connectivity index (χ4n) is 3.27. The SMILES string of the molecule is CCN(CC)CCn1cc(NC(=O)C2CCCN2C(=O)C(C)(C)C)cn1. The van der Waals surface area contributed by atoms with Crippen LogP contribution in [0.15, 0.2) is 12.4 Å². The van der Waals surface area contributed by atoms with E-state index in [1.165, 1.54) is 0 Å². The molecule has 1 aromatic heterocycles. The first-order chi connectivity index (χ1) is 12.3. The lowest BCUT2D eigenvalue weighted by Crippen LogP contribution is -2.47. The Labute approximate surface area is 156 Å². The Balaban J connectivity index is 1.94. The number of likely N-dealkylation sites (tertiary alicyclic amines) is 1. The second-order valence-corrected chi connectivity index (χ2v) is 7.91. The first-order valence-corrected chi connectivity index (χ1v) is 9.63. The maximum Gasteiger partial charge on any atom is 0.247 e. The third kappa shape index (κ3) is 5.06. The van der Waals surface area contributed by atoms with Crippen molar-refractivity contribution < 1.29 is 9.59 Å². The van der Waals surface area contributed by atoms with Crippen molar-refractivity contribution in [3.8, 4) is 0 Å². The van der Waals surface area contributed by atoms with E-state index in [1.807, 2.05) is 31.6 Å². The maximum atomic E-state index is 12.7. The molecule has 1 aliphatic rings. The smallest absolute Gasteiger partial charge is 0.247 e. The molecule has 1 atom stereocenters. The molecule has 0 aromatic carbocycles. The molecule has 1 unspecified atom stereocenters. The molecule has 1 saturated heterocycles. The van der Waals surface area contributed by atoms with Crippen molar-refractivity contribution in [3.05, 3.63) is 12.4 Å². The van der Waals surface area contributed by atoms with E-state index < -0.39 is 5.41 Å². The lowest BCUT2D eigenvalue weighted by molar-refractivity contribution is -0.143. The summed E-state index contributed by atoms with van der Waals surface area (Å²) in [6, 6.07) is -0.388. The molecule has 0 bridgehead atoms. The second-order valence-electron chi connectivity index (χ2n) is 7.91. The fourth-order valence-corrected chi connectivity index (χ4v) is 3.27. The highest BCUT2D eigenvalue weighted by atomic mass is 16.2. The highest BCUT2D eigenvalue weighted by Gasteiger charge is 2.38. The van der Waals surface area contributed by atoms with Crippen molar-refractivity contribution in [3.63, 3.8) is 0 Å². The van der Waals surface area contributed by atoms with Gasteiger partial charge in [0.25, 0.3) is 0 Å². The van der Waals surface area contributed by atoms with Crippen LogP contribution in [0, 0.1) is 5.41 Å². The number of carbonyl (C=O) groups excluding carboxylic acids is 2. The van der Waals surface area contributed by atoms with E-state index in [4.69, 9.17) is 0 Å². The molecule has 1 fully saturated rings. The molecule has 2 rings (SSSR count). The molecule has 0 radical (unpaired) electrons. The van der Waals surface area contributed by atoms with Crippen LogP contribution in [0.5, 0.6) is 0 Å². The predicted molar refractivity (Wildman–Crippen MR) is 103 cm³/mol. The molecular weight excluding hydrogens is 330 g/mol. The zero-order valence-electron chi connectivity index (χ0n) is 16.8. The third-order valence-corrected chi connectivity index (χ3v) is 4.90. The van der Waals surface area contributed by atoms with E-state index in [2.05, 4.69) is 29.2 Å². The summed E-state index contributed by atoms with van der Waals surface area (Å²) in [5.74, 6) is -0.0894. The minimum absolute atomic E-state index is 0.0325. The number of carbonyl (C=O) groups is 2.